The largest absolute Gasteiger partial charge is 0.390 e. The highest BCUT2D eigenvalue weighted by Gasteiger charge is 2.24. The van der Waals surface area contributed by atoms with Gasteiger partial charge in [0, 0.05) is 32.0 Å². The number of β-amino-alcohol motifs (C(OH)–C–C–N with tert-alkyl or cyclic N) is 1. The summed E-state index contributed by atoms with van der Waals surface area (Å²) in [5.74, 6) is 0. The number of aromatic nitrogens is 2. The summed E-state index contributed by atoms with van der Waals surface area (Å²) in [6, 6.07) is 0. The molecule has 1 aromatic heterocycles. The molecule has 0 spiro atoms. The van der Waals surface area contributed by atoms with Gasteiger partial charge in [0.15, 0.2) is 0 Å². The standard InChI is InChI=1S/C9H13N3O/c1-7-2-10-3-8(11-7)4-12-5-9(13)6-12/h2-3,9,13H,4-6H2,1H3. The van der Waals surface area contributed by atoms with Gasteiger partial charge in [-0.15, -0.1) is 0 Å². The smallest absolute Gasteiger partial charge is 0.0794 e. The first-order valence-electron chi connectivity index (χ1n) is 4.42. The van der Waals surface area contributed by atoms with Crippen LogP contribution >= 0.6 is 0 Å². The van der Waals surface area contributed by atoms with Crippen molar-refractivity contribution < 1.29 is 5.11 Å². The normalized spacial score (nSPS) is 18.6. The van der Waals surface area contributed by atoms with Crippen molar-refractivity contribution in [2.75, 3.05) is 13.1 Å². The van der Waals surface area contributed by atoms with Crippen LogP contribution in [0.5, 0.6) is 0 Å². The van der Waals surface area contributed by atoms with Gasteiger partial charge in [-0.2, -0.15) is 0 Å². The van der Waals surface area contributed by atoms with Gasteiger partial charge in [-0.25, -0.2) is 0 Å². The van der Waals surface area contributed by atoms with Crippen LogP contribution in [0.2, 0.25) is 0 Å². The SMILES string of the molecule is Cc1cncc(CN2CC(O)C2)n1. The Balaban J connectivity index is 1.94. The summed E-state index contributed by atoms with van der Waals surface area (Å²) in [5.41, 5.74) is 1.92. The van der Waals surface area contributed by atoms with Crippen molar-refractivity contribution in [1.29, 1.82) is 0 Å². The third-order valence-electron chi connectivity index (χ3n) is 2.13. The Morgan fingerprint density at radius 3 is 2.92 bits per heavy atom. The molecule has 0 radical (unpaired) electrons. The van der Waals surface area contributed by atoms with E-state index in [1.807, 2.05) is 6.92 Å². The first-order chi connectivity index (χ1) is 6.24. The van der Waals surface area contributed by atoms with Crippen molar-refractivity contribution in [3.63, 3.8) is 0 Å². The molecule has 1 saturated heterocycles. The fourth-order valence-electron chi connectivity index (χ4n) is 1.49. The molecule has 1 fully saturated rings. The maximum Gasteiger partial charge on any atom is 0.0794 e. The van der Waals surface area contributed by atoms with Crippen molar-refractivity contribution in [1.82, 2.24) is 14.9 Å². The van der Waals surface area contributed by atoms with Gasteiger partial charge in [0.25, 0.3) is 0 Å². The maximum absolute atomic E-state index is 9.07. The predicted octanol–water partition coefficient (Wildman–Crippen LogP) is -0.0385. The molecule has 0 saturated carbocycles. The van der Waals surface area contributed by atoms with E-state index in [4.69, 9.17) is 5.11 Å². The van der Waals surface area contributed by atoms with Crippen molar-refractivity contribution in [3.8, 4) is 0 Å². The number of likely N-dealkylation sites (tertiary alicyclic amines) is 1. The lowest BCUT2D eigenvalue weighted by Crippen LogP contribution is -2.49. The number of hydrogen-bond acceptors (Lipinski definition) is 4. The Labute approximate surface area is 77.2 Å². The summed E-state index contributed by atoms with van der Waals surface area (Å²) >= 11 is 0. The first kappa shape index (κ1) is 8.59. The van der Waals surface area contributed by atoms with E-state index in [2.05, 4.69) is 14.9 Å². The molecule has 13 heavy (non-hydrogen) atoms. The average Bonchev–Trinajstić information content (AvgIpc) is 2.01. The summed E-state index contributed by atoms with van der Waals surface area (Å²) in [6.07, 6.45) is 3.38. The van der Waals surface area contributed by atoms with Crippen molar-refractivity contribution in [2.45, 2.75) is 19.6 Å². The van der Waals surface area contributed by atoms with Gasteiger partial charge < -0.3 is 5.11 Å². The molecular formula is C9H13N3O. The summed E-state index contributed by atoms with van der Waals surface area (Å²) in [7, 11) is 0. The molecule has 0 aliphatic carbocycles. The molecule has 2 heterocycles. The van der Waals surface area contributed by atoms with Gasteiger partial charge >= 0.3 is 0 Å². The highest BCUT2D eigenvalue weighted by Crippen LogP contribution is 2.10. The van der Waals surface area contributed by atoms with Gasteiger partial charge in [-0.05, 0) is 6.92 Å². The van der Waals surface area contributed by atoms with Crippen LogP contribution < -0.4 is 0 Å². The summed E-state index contributed by atoms with van der Waals surface area (Å²) in [6.45, 7) is 4.25. The molecule has 0 atom stereocenters. The lowest BCUT2D eigenvalue weighted by atomic mass is 10.1. The Kier molecular flexibility index (Phi) is 2.24. The minimum Gasteiger partial charge on any atom is -0.390 e. The van der Waals surface area contributed by atoms with Crippen LogP contribution in [-0.4, -0.2) is 39.2 Å². The molecule has 1 N–H and O–H groups in total. The third-order valence-corrected chi connectivity index (χ3v) is 2.13. The zero-order chi connectivity index (χ0) is 9.26. The molecule has 0 aromatic carbocycles. The zero-order valence-corrected chi connectivity index (χ0v) is 7.64. The predicted molar refractivity (Wildman–Crippen MR) is 48.1 cm³/mol. The molecule has 4 heteroatoms. The second-order valence-corrected chi connectivity index (χ2v) is 3.50. The van der Waals surface area contributed by atoms with E-state index in [1.165, 1.54) is 0 Å². The van der Waals surface area contributed by atoms with Gasteiger partial charge in [-0.1, -0.05) is 0 Å². The van der Waals surface area contributed by atoms with E-state index in [0.29, 0.717) is 0 Å². The monoisotopic (exact) mass is 179 g/mol. The minimum absolute atomic E-state index is 0.141. The van der Waals surface area contributed by atoms with Crippen LogP contribution in [0.3, 0.4) is 0 Å². The maximum atomic E-state index is 9.07. The Bertz CT molecular complexity index is 297. The zero-order valence-electron chi connectivity index (χ0n) is 7.64. The van der Waals surface area contributed by atoms with E-state index in [1.54, 1.807) is 12.4 Å². The van der Waals surface area contributed by atoms with Crippen LogP contribution in [0.1, 0.15) is 11.4 Å². The fourth-order valence-corrected chi connectivity index (χ4v) is 1.49. The number of aliphatic hydroxyl groups excluding tert-OH is 1. The topological polar surface area (TPSA) is 49.2 Å². The minimum atomic E-state index is -0.141. The van der Waals surface area contributed by atoms with Gasteiger partial charge in [-0.3, -0.25) is 14.9 Å². The molecule has 1 aliphatic rings. The number of hydrogen-bond donors (Lipinski definition) is 1. The molecule has 0 amide bonds. The number of aliphatic hydroxyl groups is 1. The molecule has 1 aromatic rings. The molecular weight excluding hydrogens is 166 g/mol. The third kappa shape index (κ3) is 2.02. The van der Waals surface area contributed by atoms with Crippen molar-refractivity contribution in [3.05, 3.63) is 23.8 Å². The van der Waals surface area contributed by atoms with Crippen LogP contribution in [-0.2, 0) is 6.54 Å². The molecule has 70 valence electrons. The van der Waals surface area contributed by atoms with Gasteiger partial charge in [0.1, 0.15) is 0 Å². The highest BCUT2D eigenvalue weighted by atomic mass is 16.3. The van der Waals surface area contributed by atoms with E-state index >= 15 is 0 Å². The van der Waals surface area contributed by atoms with E-state index < -0.39 is 0 Å². The first-order valence-corrected chi connectivity index (χ1v) is 4.42. The molecule has 2 rings (SSSR count). The van der Waals surface area contributed by atoms with E-state index in [-0.39, 0.29) is 6.10 Å². The van der Waals surface area contributed by atoms with Crippen LogP contribution in [0, 0.1) is 6.92 Å². The Hall–Kier alpha value is -1.00. The van der Waals surface area contributed by atoms with Gasteiger partial charge in [0.2, 0.25) is 0 Å². The van der Waals surface area contributed by atoms with Crippen LogP contribution in [0.4, 0.5) is 0 Å². The lowest BCUT2D eigenvalue weighted by Gasteiger charge is -2.35. The van der Waals surface area contributed by atoms with Gasteiger partial charge in [0.05, 0.1) is 17.5 Å². The Morgan fingerprint density at radius 1 is 1.54 bits per heavy atom. The van der Waals surface area contributed by atoms with Crippen molar-refractivity contribution >= 4 is 0 Å². The lowest BCUT2D eigenvalue weighted by molar-refractivity contribution is -0.00361. The highest BCUT2D eigenvalue weighted by molar-refractivity contribution is 5.02. The molecule has 4 nitrogen and oxygen atoms in total. The van der Waals surface area contributed by atoms with Crippen LogP contribution in [0.15, 0.2) is 12.4 Å². The molecule has 1 aliphatic heterocycles. The summed E-state index contributed by atoms with van der Waals surface area (Å²) < 4.78 is 0. The number of aryl methyl sites for hydroxylation is 1. The summed E-state index contributed by atoms with van der Waals surface area (Å²) in [4.78, 5) is 10.5. The van der Waals surface area contributed by atoms with Crippen LogP contribution in [0.25, 0.3) is 0 Å². The number of rotatable bonds is 2. The average molecular weight is 179 g/mol. The fraction of sp³-hybridized carbons (Fsp3) is 0.556. The second-order valence-electron chi connectivity index (χ2n) is 3.50. The quantitative estimate of drug-likeness (QED) is 0.692. The second kappa shape index (κ2) is 3.40. The number of nitrogens with zero attached hydrogens (tertiary/aromatic N) is 3. The van der Waals surface area contributed by atoms with Crippen molar-refractivity contribution in [2.24, 2.45) is 0 Å². The Morgan fingerprint density at radius 2 is 2.31 bits per heavy atom. The molecule has 0 unspecified atom stereocenters. The van der Waals surface area contributed by atoms with E-state index in [0.717, 1.165) is 31.0 Å². The summed E-state index contributed by atoms with van der Waals surface area (Å²) in [5, 5.41) is 9.07. The molecule has 0 bridgehead atoms. The van der Waals surface area contributed by atoms with E-state index in [9.17, 15) is 0 Å².